The monoisotopic (exact) mass is 521 g/mol. The third-order valence-corrected chi connectivity index (χ3v) is 6.19. The van der Waals surface area contributed by atoms with Crippen molar-refractivity contribution in [2.24, 2.45) is 5.92 Å². The van der Waals surface area contributed by atoms with Crippen LogP contribution in [0, 0.1) is 17.6 Å². The zero-order valence-electron chi connectivity index (χ0n) is 21.3. The Bertz CT molecular complexity index is 1180. The van der Waals surface area contributed by atoms with Crippen LogP contribution in [0.3, 0.4) is 0 Å². The van der Waals surface area contributed by atoms with E-state index in [1.165, 1.54) is 11.6 Å². The fraction of sp³-hybridized carbons (Fsp3) is 0.379. The maximum absolute atomic E-state index is 15.0. The highest BCUT2D eigenvalue weighted by Crippen LogP contribution is 2.41. The highest BCUT2D eigenvalue weighted by Gasteiger charge is 2.36. The molecule has 1 saturated carbocycles. The zero-order valence-corrected chi connectivity index (χ0v) is 21.3. The summed E-state index contributed by atoms with van der Waals surface area (Å²) >= 11 is 0. The maximum atomic E-state index is 15.0. The molecular weight excluding hydrogens is 489 g/mol. The zero-order chi connectivity index (χ0) is 27.2. The van der Waals surface area contributed by atoms with Crippen LogP contribution in [0.25, 0.3) is 11.1 Å². The van der Waals surface area contributed by atoms with E-state index >= 15 is 4.39 Å². The summed E-state index contributed by atoms with van der Waals surface area (Å²) in [5.41, 5.74) is 0.307. The Balaban J connectivity index is 1.85. The fourth-order valence-electron chi connectivity index (χ4n) is 4.41. The molecule has 0 aliphatic heterocycles. The lowest BCUT2D eigenvalue weighted by atomic mass is 9.96. The molecule has 0 radical (unpaired) electrons. The van der Waals surface area contributed by atoms with Crippen molar-refractivity contribution in [3.63, 3.8) is 0 Å². The van der Waals surface area contributed by atoms with E-state index in [1.807, 2.05) is 13.0 Å². The van der Waals surface area contributed by atoms with Crippen LogP contribution in [0.4, 0.5) is 22.0 Å². The number of hydrogen-bond acceptors (Lipinski definition) is 3. The molecule has 2 aromatic carbocycles. The van der Waals surface area contributed by atoms with E-state index in [4.69, 9.17) is 9.47 Å². The first-order valence-electron chi connectivity index (χ1n) is 12.2. The van der Waals surface area contributed by atoms with Gasteiger partial charge >= 0.3 is 6.18 Å². The lowest BCUT2D eigenvalue weighted by molar-refractivity contribution is -0.137. The molecule has 1 N–H and O–H groups in total. The van der Waals surface area contributed by atoms with Gasteiger partial charge in [0.2, 0.25) is 0 Å². The minimum atomic E-state index is -4.85. The van der Waals surface area contributed by atoms with Crippen molar-refractivity contribution in [2.45, 2.75) is 45.9 Å². The summed E-state index contributed by atoms with van der Waals surface area (Å²) in [6.45, 7) is 8.44. The Kier molecular flexibility index (Phi) is 9.54. The summed E-state index contributed by atoms with van der Waals surface area (Å²) in [4.78, 5) is 0. The van der Waals surface area contributed by atoms with E-state index in [1.54, 1.807) is 13.1 Å². The summed E-state index contributed by atoms with van der Waals surface area (Å²) in [6, 6.07) is 4.99. The minimum Gasteiger partial charge on any atom is -0.493 e. The van der Waals surface area contributed by atoms with Crippen molar-refractivity contribution in [2.75, 3.05) is 20.2 Å². The number of alkyl halides is 3. The number of nitrogens with one attached hydrogen (secondary N) is 1. The van der Waals surface area contributed by atoms with E-state index in [2.05, 4.69) is 18.8 Å². The van der Waals surface area contributed by atoms with Crippen LogP contribution < -0.4 is 10.1 Å². The number of ether oxygens (including phenoxy) is 2. The van der Waals surface area contributed by atoms with Crippen LogP contribution in [0.2, 0.25) is 0 Å². The largest absolute Gasteiger partial charge is 0.493 e. The third-order valence-electron chi connectivity index (χ3n) is 6.19. The molecule has 1 unspecified atom stereocenters. The summed E-state index contributed by atoms with van der Waals surface area (Å²) in [5, 5.41) is 2.90. The first-order valence-corrected chi connectivity index (χ1v) is 12.2. The Labute approximate surface area is 214 Å². The van der Waals surface area contributed by atoms with Crippen LogP contribution >= 0.6 is 0 Å². The Morgan fingerprint density at radius 2 is 1.84 bits per heavy atom. The maximum Gasteiger partial charge on any atom is 0.417 e. The second kappa shape index (κ2) is 12.4. The van der Waals surface area contributed by atoms with Gasteiger partial charge in [-0.1, -0.05) is 25.6 Å². The predicted octanol–water partition coefficient (Wildman–Crippen LogP) is 7.97. The molecule has 8 heteroatoms. The lowest BCUT2D eigenvalue weighted by Gasteiger charge is -2.17. The first-order chi connectivity index (χ1) is 17.5. The molecule has 0 heterocycles. The normalized spacial score (nSPS) is 18.0. The molecule has 200 valence electrons. The number of benzene rings is 2. The molecule has 1 aliphatic carbocycles. The van der Waals surface area contributed by atoms with Crippen LogP contribution in [0.1, 0.15) is 44.2 Å². The van der Waals surface area contributed by atoms with Gasteiger partial charge in [0.15, 0.2) is 0 Å². The predicted molar refractivity (Wildman–Crippen MR) is 135 cm³/mol. The van der Waals surface area contributed by atoms with Crippen molar-refractivity contribution < 1.29 is 31.4 Å². The van der Waals surface area contributed by atoms with Crippen LogP contribution in [-0.2, 0) is 17.5 Å². The van der Waals surface area contributed by atoms with Gasteiger partial charge in [0.05, 0.1) is 12.2 Å². The quantitative estimate of drug-likeness (QED) is 0.195. The molecule has 0 spiro atoms. The lowest BCUT2D eigenvalue weighted by Crippen LogP contribution is -2.13. The summed E-state index contributed by atoms with van der Waals surface area (Å²) in [5.74, 6) is -1.19. The molecule has 2 aromatic rings. The molecule has 1 atom stereocenters. The van der Waals surface area contributed by atoms with Gasteiger partial charge in [-0.25, -0.2) is 8.78 Å². The topological polar surface area (TPSA) is 30.5 Å². The Hall–Kier alpha value is -3.13. The molecule has 1 aliphatic rings. The van der Waals surface area contributed by atoms with Crippen LogP contribution in [0.5, 0.6) is 5.75 Å². The van der Waals surface area contributed by atoms with Gasteiger partial charge in [-0.3, -0.25) is 0 Å². The Morgan fingerprint density at radius 1 is 1.11 bits per heavy atom. The van der Waals surface area contributed by atoms with Crippen LogP contribution in [0.15, 0.2) is 66.0 Å². The number of halogens is 5. The third kappa shape index (κ3) is 7.44. The number of hydrogen-bond donors (Lipinski definition) is 1. The summed E-state index contributed by atoms with van der Waals surface area (Å²) < 4.78 is 82.2. The van der Waals surface area contributed by atoms with Gasteiger partial charge in [-0.2, -0.15) is 13.2 Å². The molecule has 3 nitrogen and oxygen atoms in total. The van der Waals surface area contributed by atoms with Crippen LogP contribution in [-0.4, -0.2) is 20.2 Å². The van der Waals surface area contributed by atoms with Gasteiger partial charge in [-0.05, 0) is 86.7 Å². The van der Waals surface area contributed by atoms with Gasteiger partial charge in [0.1, 0.15) is 29.8 Å². The average Bonchev–Trinajstić information content (AvgIpc) is 3.19. The highest BCUT2D eigenvalue weighted by molar-refractivity contribution is 5.70. The summed E-state index contributed by atoms with van der Waals surface area (Å²) in [7, 11) is 1.74. The molecule has 3 rings (SSSR count). The molecule has 0 amide bonds. The molecule has 0 aromatic heterocycles. The Morgan fingerprint density at radius 3 is 2.51 bits per heavy atom. The molecule has 0 saturated heterocycles. The average molecular weight is 522 g/mol. The standard InChI is InChI=1S/C29H32F5NO2/c1-5-20-11-18(2)12-22(20)13-19(3)37-17-23-14-21(7-8-26(23)30)28-25(29(32,33)34)15-24(16-27(28)31)36-10-6-9-35-4/h5,7-8,13-16,18,35H,3,6,9-12,17H2,1-2,4H3/b20-5-,22-13-. The van der Waals surface area contributed by atoms with Gasteiger partial charge in [0, 0.05) is 17.2 Å². The SMILES string of the molecule is C=C(/C=C1/CC(C)C/C1=C/C)OCc1cc(-c2c(F)cc(OCCCNC)cc2C(F)(F)F)ccc1F. The second-order valence-electron chi connectivity index (χ2n) is 9.19. The van der Waals surface area contributed by atoms with Crippen molar-refractivity contribution in [1.29, 1.82) is 0 Å². The number of rotatable bonds is 10. The molecule has 37 heavy (non-hydrogen) atoms. The second-order valence-corrected chi connectivity index (χ2v) is 9.19. The smallest absolute Gasteiger partial charge is 0.417 e. The van der Waals surface area contributed by atoms with Gasteiger partial charge in [-0.15, -0.1) is 0 Å². The minimum absolute atomic E-state index is 0.0111. The van der Waals surface area contributed by atoms with E-state index < -0.39 is 28.9 Å². The molecule has 0 bridgehead atoms. The van der Waals surface area contributed by atoms with E-state index in [0.717, 1.165) is 42.7 Å². The van der Waals surface area contributed by atoms with E-state index in [-0.39, 0.29) is 30.1 Å². The van der Waals surface area contributed by atoms with E-state index in [0.29, 0.717) is 24.6 Å². The summed E-state index contributed by atoms with van der Waals surface area (Å²) in [6.07, 6.45) is 1.36. The molecule has 1 fully saturated rings. The van der Waals surface area contributed by atoms with Gasteiger partial charge < -0.3 is 14.8 Å². The highest BCUT2D eigenvalue weighted by atomic mass is 19.4. The van der Waals surface area contributed by atoms with Crippen molar-refractivity contribution in [1.82, 2.24) is 5.32 Å². The van der Waals surface area contributed by atoms with Crippen molar-refractivity contribution in [3.05, 3.63) is 88.7 Å². The number of allylic oxidation sites excluding steroid dienone is 4. The first kappa shape index (κ1) is 28.4. The fourth-order valence-corrected chi connectivity index (χ4v) is 4.41. The van der Waals surface area contributed by atoms with Crippen molar-refractivity contribution >= 4 is 0 Å². The molecular formula is C29H32F5NO2. The van der Waals surface area contributed by atoms with Gasteiger partial charge in [0.25, 0.3) is 0 Å². The van der Waals surface area contributed by atoms with Crippen molar-refractivity contribution in [3.8, 4) is 16.9 Å². The van der Waals surface area contributed by atoms with E-state index in [9.17, 15) is 17.6 Å².